The van der Waals surface area contributed by atoms with Crippen molar-refractivity contribution >= 4 is 23.1 Å². The highest BCUT2D eigenvalue weighted by atomic mass is 16.7. The van der Waals surface area contributed by atoms with Crippen LogP contribution in [0.25, 0.3) is 5.76 Å². The van der Waals surface area contributed by atoms with Crippen molar-refractivity contribution in [2.75, 3.05) is 18.8 Å². The molecule has 3 aromatic carbocycles. The summed E-state index contributed by atoms with van der Waals surface area (Å²) in [6.07, 6.45) is 0. The summed E-state index contributed by atoms with van der Waals surface area (Å²) >= 11 is 0. The molecule has 1 N–H and O–H groups in total. The number of hydrogen-bond donors (Lipinski definition) is 1. The molecule has 0 aliphatic carbocycles. The van der Waals surface area contributed by atoms with Crippen molar-refractivity contribution in [2.45, 2.75) is 39.7 Å². The minimum Gasteiger partial charge on any atom is -0.507 e. The summed E-state index contributed by atoms with van der Waals surface area (Å²) in [6.45, 7) is 7.98. The van der Waals surface area contributed by atoms with Gasteiger partial charge in [-0.3, -0.25) is 14.5 Å². The molecule has 0 aromatic heterocycles. The number of benzene rings is 3. The Labute approximate surface area is 215 Å². The lowest BCUT2D eigenvalue weighted by molar-refractivity contribution is -0.132. The molecule has 0 saturated carbocycles. The lowest BCUT2D eigenvalue weighted by Crippen LogP contribution is -2.29. The second-order valence-corrected chi connectivity index (χ2v) is 9.66. The number of ketones is 1. The molecular weight excluding hydrogens is 470 g/mol. The topological polar surface area (TPSA) is 85.3 Å². The van der Waals surface area contributed by atoms with Crippen LogP contribution in [0.1, 0.15) is 53.6 Å². The summed E-state index contributed by atoms with van der Waals surface area (Å²) in [4.78, 5) is 28.5. The molecule has 37 heavy (non-hydrogen) atoms. The quantitative estimate of drug-likeness (QED) is 0.272. The molecule has 7 nitrogen and oxygen atoms in total. The molecule has 1 fully saturated rings. The Hall–Kier alpha value is -4.26. The zero-order valence-electron chi connectivity index (χ0n) is 21.5. The summed E-state index contributed by atoms with van der Waals surface area (Å²) < 4.78 is 16.3. The highest BCUT2D eigenvalue weighted by Crippen LogP contribution is 2.45. The summed E-state index contributed by atoms with van der Waals surface area (Å²) in [5, 5.41) is 11.6. The maximum atomic E-state index is 13.5. The number of aryl methyl sites for hydroxylation is 2. The molecule has 0 bridgehead atoms. The normalized spacial score (nSPS) is 18.1. The largest absolute Gasteiger partial charge is 0.507 e. The highest BCUT2D eigenvalue weighted by molar-refractivity contribution is 6.51. The number of fused-ring (bicyclic) bond motifs is 1. The van der Waals surface area contributed by atoms with Gasteiger partial charge < -0.3 is 19.3 Å². The zero-order chi connectivity index (χ0) is 26.4. The van der Waals surface area contributed by atoms with Crippen molar-refractivity contribution < 1.29 is 28.9 Å². The number of aliphatic hydroxyl groups excluding tert-OH is 1. The molecule has 1 unspecified atom stereocenters. The first-order valence-corrected chi connectivity index (χ1v) is 12.2. The first kappa shape index (κ1) is 24.4. The number of carbonyl (C=O) groups is 2. The van der Waals surface area contributed by atoms with Crippen LogP contribution in [0.5, 0.6) is 17.2 Å². The van der Waals surface area contributed by atoms with E-state index in [1.165, 1.54) is 4.90 Å². The Kier molecular flexibility index (Phi) is 6.15. The number of rotatable bonds is 5. The lowest BCUT2D eigenvalue weighted by atomic mass is 9.91. The third kappa shape index (κ3) is 4.10. The van der Waals surface area contributed by atoms with Crippen molar-refractivity contribution in [2.24, 2.45) is 0 Å². The number of methoxy groups -OCH3 is 1. The van der Waals surface area contributed by atoms with Gasteiger partial charge in [0.15, 0.2) is 11.5 Å². The van der Waals surface area contributed by atoms with Crippen LogP contribution in [0.15, 0.2) is 60.2 Å². The molecule has 1 saturated heterocycles. The fourth-order valence-electron chi connectivity index (χ4n) is 4.92. The van der Waals surface area contributed by atoms with E-state index in [9.17, 15) is 14.7 Å². The molecule has 0 spiro atoms. The van der Waals surface area contributed by atoms with E-state index in [0.29, 0.717) is 40.0 Å². The molecule has 0 radical (unpaired) electrons. The predicted molar refractivity (Wildman–Crippen MR) is 140 cm³/mol. The van der Waals surface area contributed by atoms with Gasteiger partial charge in [0.2, 0.25) is 6.79 Å². The maximum Gasteiger partial charge on any atom is 0.300 e. The Bertz CT molecular complexity index is 1440. The molecule has 2 aliphatic heterocycles. The van der Waals surface area contributed by atoms with E-state index in [-0.39, 0.29) is 18.1 Å². The summed E-state index contributed by atoms with van der Waals surface area (Å²) in [5.74, 6) is 0.373. The van der Waals surface area contributed by atoms with E-state index in [0.717, 1.165) is 16.7 Å². The second kappa shape index (κ2) is 9.32. The molecule has 3 aromatic rings. The molecule has 2 aliphatic rings. The van der Waals surface area contributed by atoms with Gasteiger partial charge in [-0.05, 0) is 66.3 Å². The Balaban J connectivity index is 1.71. The Morgan fingerprint density at radius 2 is 1.68 bits per heavy atom. The molecule has 5 rings (SSSR count). The van der Waals surface area contributed by atoms with Crippen LogP contribution in [0.2, 0.25) is 0 Å². The van der Waals surface area contributed by atoms with E-state index in [1.54, 1.807) is 31.4 Å². The number of nitrogens with zero attached hydrogens (tertiary/aromatic N) is 1. The third-order valence-corrected chi connectivity index (χ3v) is 6.99. The molecule has 2 heterocycles. The molecular formula is C30H29NO6. The van der Waals surface area contributed by atoms with Crippen LogP contribution in [-0.2, 0) is 9.59 Å². The molecule has 1 amide bonds. The smallest absolute Gasteiger partial charge is 0.300 e. The van der Waals surface area contributed by atoms with Crippen molar-refractivity contribution in [1.82, 2.24) is 0 Å². The SMILES string of the molecule is COc1cc(C)c(/C(O)=C2\C(=O)C(=O)N(c3ccc4c(c3)OCO4)C2c2ccc(C(C)C)cc2)cc1C. The van der Waals surface area contributed by atoms with Crippen LogP contribution in [0.3, 0.4) is 0 Å². The lowest BCUT2D eigenvalue weighted by Gasteiger charge is -2.26. The van der Waals surface area contributed by atoms with Crippen LogP contribution < -0.4 is 19.1 Å². The average molecular weight is 500 g/mol. The number of anilines is 1. The first-order valence-electron chi connectivity index (χ1n) is 12.2. The molecule has 1 atom stereocenters. The fraction of sp³-hybridized carbons (Fsp3) is 0.267. The second-order valence-electron chi connectivity index (χ2n) is 9.66. The average Bonchev–Trinajstić information content (AvgIpc) is 3.46. The predicted octanol–water partition coefficient (Wildman–Crippen LogP) is 5.79. The van der Waals surface area contributed by atoms with E-state index < -0.39 is 17.7 Å². The molecule has 7 heteroatoms. The molecule has 190 valence electrons. The highest BCUT2D eigenvalue weighted by Gasteiger charge is 2.47. The minimum absolute atomic E-state index is 0.0348. The number of carbonyl (C=O) groups excluding carboxylic acids is 2. The minimum atomic E-state index is -0.830. The third-order valence-electron chi connectivity index (χ3n) is 6.99. The van der Waals surface area contributed by atoms with Crippen molar-refractivity contribution in [3.8, 4) is 17.2 Å². The van der Waals surface area contributed by atoms with E-state index >= 15 is 0 Å². The zero-order valence-corrected chi connectivity index (χ0v) is 21.5. The number of hydrogen-bond acceptors (Lipinski definition) is 6. The van der Waals surface area contributed by atoms with E-state index in [4.69, 9.17) is 14.2 Å². The van der Waals surface area contributed by atoms with Gasteiger partial charge in [-0.1, -0.05) is 38.1 Å². The van der Waals surface area contributed by atoms with Gasteiger partial charge >= 0.3 is 0 Å². The summed E-state index contributed by atoms with van der Waals surface area (Å²) in [7, 11) is 1.58. The van der Waals surface area contributed by atoms with Crippen molar-refractivity contribution in [3.63, 3.8) is 0 Å². The van der Waals surface area contributed by atoms with E-state index in [2.05, 4.69) is 13.8 Å². The summed E-state index contributed by atoms with van der Waals surface area (Å²) in [5.41, 5.74) is 4.36. The van der Waals surface area contributed by atoms with Crippen molar-refractivity contribution in [1.29, 1.82) is 0 Å². The summed E-state index contributed by atoms with van der Waals surface area (Å²) in [6, 6.07) is 15.7. The van der Waals surface area contributed by atoms with Gasteiger partial charge in [0.05, 0.1) is 18.7 Å². The Morgan fingerprint density at radius 3 is 2.35 bits per heavy atom. The van der Waals surface area contributed by atoms with Crippen LogP contribution in [0.4, 0.5) is 5.69 Å². The number of ether oxygens (including phenoxy) is 3. The van der Waals surface area contributed by atoms with E-state index in [1.807, 2.05) is 44.2 Å². The number of amides is 1. The standard InChI is InChI=1S/C30H29NO6/c1-16(2)19-6-8-20(9-7-19)27-26(28(32)22-12-18(4)24(35-5)13-17(22)3)29(33)30(34)31(27)21-10-11-23-25(14-21)37-15-36-23/h6-14,16,27,32H,15H2,1-5H3/b28-26+. The van der Waals surface area contributed by atoms with Gasteiger partial charge in [-0.15, -0.1) is 0 Å². The maximum absolute atomic E-state index is 13.5. The van der Waals surface area contributed by atoms with Crippen LogP contribution in [-0.4, -0.2) is 30.7 Å². The van der Waals surface area contributed by atoms with Crippen LogP contribution >= 0.6 is 0 Å². The first-order chi connectivity index (χ1) is 17.7. The monoisotopic (exact) mass is 499 g/mol. The number of Topliss-reactive ketones (excluding diaryl/α,β-unsaturated/α-hetero) is 1. The Morgan fingerprint density at radius 1 is 0.973 bits per heavy atom. The van der Waals surface area contributed by atoms with Gasteiger partial charge in [0.25, 0.3) is 11.7 Å². The van der Waals surface area contributed by atoms with Gasteiger partial charge in [0.1, 0.15) is 11.5 Å². The van der Waals surface area contributed by atoms with Gasteiger partial charge in [0, 0.05) is 17.3 Å². The van der Waals surface area contributed by atoms with Gasteiger partial charge in [-0.25, -0.2) is 0 Å². The fourth-order valence-corrected chi connectivity index (χ4v) is 4.92. The van der Waals surface area contributed by atoms with Gasteiger partial charge in [-0.2, -0.15) is 0 Å². The van der Waals surface area contributed by atoms with Crippen LogP contribution in [0, 0.1) is 13.8 Å². The number of aliphatic hydroxyl groups is 1. The van der Waals surface area contributed by atoms with Crippen molar-refractivity contribution in [3.05, 3.63) is 88.0 Å².